The first-order chi connectivity index (χ1) is 8.84. The monoisotopic (exact) mass is 305 g/mol. The fourth-order valence-corrected chi connectivity index (χ4v) is 1.68. The second-order valence-corrected chi connectivity index (χ2v) is 5.22. The van der Waals surface area contributed by atoms with Crippen molar-refractivity contribution in [2.45, 2.75) is 11.8 Å². The van der Waals surface area contributed by atoms with Gasteiger partial charge in [-0.05, 0) is 31.2 Å². The third-order valence-corrected chi connectivity index (χ3v) is 3.08. The van der Waals surface area contributed by atoms with Crippen molar-refractivity contribution in [2.75, 3.05) is 12.0 Å². The Labute approximate surface area is 115 Å². The highest BCUT2D eigenvalue weighted by Crippen LogP contribution is 2.12. The van der Waals surface area contributed by atoms with Crippen LogP contribution in [0.3, 0.4) is 0 Å². The Morgan fingerprint density at radius 3 is 2.47 bits per heavy atom. The number of carbonyl (C=O) groups is 1. The first-order valence-corrected chi connectivity index (χ1v) is 7.06. The molecular formula is C10H12ClN3O4S. The standard InChI is InChI=1S/C10H12ClN3O4S/c1-2-18-10(15)9(11)14-13-7-3-5-8(6-4-7)19(12,16)17/h3-6,13H,2H2,1H3,(H2,12,16,17)/b14-9-. The summed E-state index contributed by atoms with van der Waals surface area (Å²) in [4.78, 5) is 11.1. The molecule has 1 rings (SSSR count). The second-order valence-electron chi connectivity index (χ2n) is 3.30. The van der Waals surface area contributed by atoms with Crippen LogP contribution in [0.15, 0.2) is 34.3 Å². The van der Waals surface area contributed by atoms with Crippen molar-refractivity contribution in [1.29, 1.82) is 0 Å². The van der Waals surface area contributed by atoms with Crippen LogP contribution in [-0.4, -0.2) is 26.2 Å². The minimum Gasteiger partial charge on any atom is -0.461 e. The first kappa shape index (κ1) is 15.4. The molecule has 0 aliphatic rings. The van der Waals surface area contributed by atoms with Gasteiger partial charge in [0.25, 0.3) is 0 Å². The van der Waals surface area contributed by atoms with Crippen LogP contribution in [0.25, 0.3) is 0 Å². The highest BCUT2D eigenvalue weighted by molar-refractivity contribution is 7.89. The summed E-state index contributed by atoms with van der Waals surface area (Å²) in [5, 5.41) is 8.16. The fraction of sp³-hybridized carbons (Fsp3) is 0.200. The van der Waals surface area contributed by atoms with Gasteiger partial charge < -0.3 is 4.74 Å². The Morgan fingerprint density at radius 1 is 1.42 bits per heavy atom. The zero-order valence-corrected chi connectivity index (χ0v) is 11.5. The third-order valence-electron chi connectivity index (χ3n) is 1.91. The molecule has 0 aliphatic heterocycles. The highest BCUT2D eigenvalue weighted by atomic mass is 35.5. The minimum atomic E-state index is -3.74. The molecule has 0 amide bonds. The number of sulfonamides is 1. The highest BCUT2D eigenvalue weighted by Gasteiger charge is 2.09. The van der Waals surface area contributed by atoms with Crippen LogP contribution in [0.5, 0.6) is 0 Å². The Hall–Kier alpha value is -1.64. The predicted octanol–water partition coefficient (Wildman–Crippen LogP) is 0.861. The van der Waals surface area contributed by atoms with Gasteiger partial charge in [-0.2, -0.15) is 5.10 Å². The summed E-state index contributed by atoms with van der Waals surface area (Å²) in [6, 6.07) is 5.45. The summed E-state index contributed by atoms with van der Waals surface area (Å²) in [5.41, 5.74) is 2.92. The van der Waals surface area contributed by atoms with Crippen molar-refractivity contribution >= 4 is 38.5 Å². The maximum absolute atomic E-state index is 11.1. The molecule has 9 heteroatoms. The molecule has 1 aromatic rings. The molecule has 0 atom stereocenters. The summed E-state index contributed by atoms with van der Waals surface area (Å²) in [6.07, 6.45) is 0. The van der Waals surface area contributed by atoms with Gasteiger partial charge >= 0.3 is 5.97 Å². The molecule has 0 aromatic heterocycles. The van der Waals surface area contributed by atoms with Crippen molar-refractivity contribution in [2.24, 2.45) is 10.2 Å². The van der Waals surface area contributed by atoms with Gasteiger partial charge in [-0.1, -0.05) is 11.6 Å². The molecule has 19 heavy (non-hydrogen) atoms. The molecule has 0 saturated heterocycles. The van der Waals surface area contributed by atoms with Crippen LogP contribution in [0, 0.1) is 0 Å². The molecule has 0 spiro atoms. The molecule has 3 N–H and O–H groups in total. The van der Waals surface area contributed by atoms with Crippen molar-refractivity contribution in [1.82, 2.24) is 0 Å². The van der Waals surface area contributed by atoms with Gasteiger partial charge in [-0.15, -0.1) is 0 Å². The summed E-state index contributed by atoms with van der Waals surface area (Å²) in [7, 11) is -3.74. The van der Waals surface area contributed by atoms with Gasteiger partial charge in [0, 0.05) is 0 Å². The number of anilines is 1. The van der Waals surface area contributed by atoms with Gasteiger partial charge in [0.2, 0.25) is 15.2 Å². The molecule has 0 saturated carbocycles. The number of hydrogen-bond donors (Lipinski definition) is 2. The van der Waals surface area contributed by atoms with Gasteiger partial charge in [0.15, 0.2) is 0 Å². The molecule has 0 heterocycles. The molecular weight excluding hydrogens is 294 g/mol. The smallest absolute Gasteiger partial charge is 0.370 e. The normalized spacial score (nSPS) is 12.1. The average molecular weight is 306 g/mol. The number of nitrogens with two attached hydrogens (primary N) is 1. The van der Waals surface area contributed by atoms with E-state index in [1.165, 1.54) is 24.3 Å². The number of primary sulfonamides is 1. The van der Waals surface area contributed by atoms with E-state index >= 15 is 0 Å². The number of halogens is 1. The molecule has 0 aliphatic carbocycles. The van der Waals surface area contributed by atoms with E-state index in [0.717, 1.165) is 0 Å². The van der Waals surface area contributed by atoms with Crippen LogP contribution in [-0.2, 0) is 19.6 Å². The molecule has 7 nitrogen and oxygen atoms in total. The van der Waals surface area contributed by atoms with Gasteiger partial charge in [-0.3, -0.25) is 5.43 Å². The Balaban J connectivity index is 2.74. The SMILES string of the molecule is CCOC(=O)/C(Cl)=N/Nc1ccc(S(N)(=O)=O)cc1. The number of carbonyl (C=O) groups excluding carboxylic acids is 1. The van der Waals surface area contributed by atoms with Crippen LogP contribution < -0.4 is 10.6 Å². The molecule has 0 bridgehead atoms. The van der Waals surface area contributed by atoms with Crippen LogP contribution in [0.1, 0.15) is 6.92 Å². The summed E-state index contributed by atoms with van der Waals surface area (Å²) >= 11 is 5.56. The lowest BCUT2D eigenvalue weighted by atomic mass is 10.3. The lowest BCUT2D eigenvalue weighted by molar-refractivity contribution is -0.134. The van der Waals surface area contributed by atoms with E-state index in [9.17, 15) is 13.2 Å². The number of nitrogens with zero attached hydrogens (tertiary/aromatic N) is 1. The number of rotatable bonds is 5. The number of ether oxygens (including phenoxy) is 1. The van der Waals surface area contributed by atoms with Crippen molar-refractivity contribution in [3.8, 4) is 0 Å². The average Bonchev–Trinajstić information content (AvgIpc) is 2.35. The van der Waals surface area contributed by atoms with E-state index in [-0.39, 0.29) is 16.7 Å². The maximum Gasteiger partial charge on any atom is 0.370 e. The first-order valence-electron chi connectivity index (χ1n) is 5.13. The third kappa shape index (κ3) is 4.86. The van der Waals surface area contributed by atoms with E-state index in [1.807, 2.05) is 0 Å². The van der Waals surface area contributed by atoms with Gasteiger partial charge in [0.1, 0.15) is 0 Å². The van der Waals surface area contributed by atoms with E-state index in [2.05, 4.69) is 15.3 Å². The fourth-order valence-electron chi connectivity index (χ4n) is 1.07. The number of esters is 1. The van der Waals surface area contributed by atoms with E-state index in [4.69, 9.17) is 16.7 Å². The molecule has 1 aromatic carbocycles. The van der Waals surface area contributed by atoms with E-state index < -0.39 is 16.0 Å². The van der Waals surface area contributed by atoms with E-state index in [0.29, 0.717) is 5.69 Å². The van der Waals surface area contributed by atoms with Crippen molar-refractivity contribution in [3.63, 3.8) is 0 Å². The van der Waals surface area contributed by atoms with Crippen LogP contribution in [0.2, 0.25) is 0 Å². The van der Waals surface area contributed by atoms with Crippen LogP contribution >= 0.6 is 11.6 Å². The number of hydrogen-bond acceptors (Lipinski definition) is 6. The molecule has 0 fully saturated rings. The Morgan fingerprint density at radius 2 is 2.00 bits per heavy atom. The second kappa shape index (κ2) is 6.50. The van der Waals surface area contributed by atoms with Crippen molar-refractivity contribution < 1.29 is 17.9 Å². The maximum atomic E-state index is 11.1. The minimum absolute atomic E-state index is 0.0291. The predicted molar refractivity (Wildman–Crippen MR) is 71.4 cm³/mol. The number of benzene rings is 1. The van der Waals surface area contributed by atoms with Gasteiger partial charge in [-0.25, -0.2) is 18.4 Å². The topological polar surface area (TPSA) is 111 Å². The number of hydrazone groups is 1. The molecule has 0 unspecified atom stereocenters. The molecule has 0 radical (unpaired) electrons. The van der Waals surface area contributed by atoms with Gasteiger partial charge in [0.05, 0.1) is 17.2 Å². The lowest BCUT2D eigenvalue weighted by Crippen LogP contribution is -2.13. The van der Waals surface area contributed by atoms with E-state index in [1.54, 1.807) is 6.92 Å². The van der Waals surface area contributed by atoms with Crippen molar-refractivity contribution in [3.05, 3.63) is 24.3 Å². The Bertz CT molecular complexity index is 583. The lowest BCUT2D eigenvalue weighted by Gasteiger charge is -2.03. The number of nitrogens with one attached hydrogen (secondary N) is 1. The largest absolute Gasteiger partial charge is 0.461 e. The zero-order chi connectivity index (χ0) is 14.5. The Kier molecular flexibility index (Phi) is 5.28. The summed E-state index contributed by atoms with van der Waals surface area (Å²) in [5.74, 6) is -0.752. The molecule has 104 valence electrons. The summed E-state index contributed by atoms with van der Waals surface area (Å²) in [6.45, 7) is 1.83. The summed E-state index contributed by atoms with van der Waals surface area (Å²) < 4.78 is 26.7. The quantitative estimate of drug-likeness (QED) is 0.476. The van der Waals surface area contributed by atoms with Crippen LogP contribution in [0.4, 0.5) is 5.69 Å². The zero-order valence-electron chi connectivity index (χ0n) is 9.96.